The van der Waals surface area contributed by atoms with Crippen LogP contribution in [0, 0.1) is 0 Å². The summed E-state index contributed by atoms with van der Waals surface area (Å²) in [6.45, 7) is 7.22. The van der Waals surface area contributed by atoms with Crippen molar-refractivity contribution in [2.45, 2.75) is 4.90 Å². The number of nitrogens with one attached hydrogen (secondary N) is 1. The predicted molar refractivity (Wildman–Crippen MR) is 118 cm³/mol. The number of carbonyl (C=O) groups is 2. The number of hydrogen-bond acceptors (Lipinski definition) is 6. The van der Waals surface area contributed by atoms with Crippen LogP contribution in [0.1, 0.15) is 10.4 Å². The van der Waals surface area contributed by atoms with Gasteiger partial charge in [0, 0.05) is 13.1 Å². The number of carbonyl (C=O) groups excluding carboxylic acids is 2. The summed E-state index contributed by atoms with van der Waals surface area (Å²) >= 11 is 0. The summed E-state index contributed by atoms with van der Waals surface area (Å²) in [4.78, 5) is 26.2. The van der Waals surface area contributed by atoms with Gasteiger partial charge in [0.25, 0.3) is 15.9 Å². The fourth-order valence-corrected chi connectivity index (χ4v) is 3.67. The zero-order valence-corrected chi connectivity index (χ0v) is 17.9. The highest BCUT2D eigenvalue weighted by atomic mass is 32.2. The van der Waals surface area contributed by atoms with Gasteiger partial charge in [0.2, 0.25) is 0 Å². The van der Waals surface area contributed by atoms with E-state index in [0.717, 1.165) is 0 Å². The zero-order chi connectivity index (χ0) is 22.9. The molecule has 0 fully saturated rings. The molecule has 0 aliphatic rings. The molecule has 0 radical (unpaired) electrons. The van der Waals surface area contributed by atoms with Crippen molar-refractivity contribution in [2.24, 2.45) is 0 Å². The fraction of sp³-hybridized carbons (Fsp3) is 0.182. The average molecular weight is 445 g/mol. The molecule has 0 saturated carbocycles. The van der Waals surface area contributed by atoms with E-state index in [0.29, 0.717) is 5.75 Å². The number of amides is 1. The Balaban J connectivity index is 2.15. The second-order valence-corrected chi connectivity index (χ2v) is 7.96. The van der Waals surface area contributed by atoms with E-state index in [-0.39, 0.29) is 29.2 Å². The monoisotopic (exact) mass is 444 g/mol. The Hall–Kier alpha value is -3.59. The van der Waals surface area contributed by atoms with Crippen LogP contribution in [0.2, 0.25) is 0 Å². The normalized spacial score (nSPS) is 10.6. The summed E-state index contributed by atoms with van der Waals surface area (Å²) in [5.41, 5.74) is 0.0104. The lowest BCUT2D eigenvalue weighted by Gasteiger charge is -2.19. The van der Waals surface area contributed by atoms with Gasteiger partial charge in [-0.05, 0) is 36.4 Å². The number of sulfonamides is 1. The lowest BCUT2D eigenvalue weighted by molar-refractivity contribution is -0.133. The number of hydrogen-bond donors (Lipinski definition) is 1. The Labute approximate surface area is 181 Å². The SMILES string of the molecule is C=CCN(CC=C)C(=O)COC(=O)c1ccccc1NS(=O)(=O)c1ccc(OC)cc1. The van der Waals surface area contributed by atoms with Gasteiger partial charge in [0.05, 0.1) is 23.3 Å². The van der Waals surface area contributed by atoms with E-state index in [4.69, 9.17) is 9.47 Å². The molecule has 0 aliphatic heterocycles. The Morgan fingerprint density at radius 3 is 2.23 bits per heavy atom. The molecule has 8 nitrogen and oxygen atoms in total. The Morgan fingerprint density at radius 1 is 1.03 bits per heavy atom. The topological polar surface area (TPSA) is 102 Å². The molecule has 0 spiro atoms. The van der Waals surface area contributed by atoms with Gasteiger partial charge < -0.3 is 14.4 Å². The summed E-state index contributed by atoms with van der Waals surface area (Å²) in [7, 11) is -2.49. The third-order valence-corrected chi connectivity index (χ3v) is 5.52. The van der Waals surface area contributed by atoms with Gasteiger partial charge in [-0.3, -0.25) is 9.52 Å². The summed E-state index contributed by atoms with van der Waals surface area (Å²) in [5.74, 6) is -0.752. The van der Waals surface area contributed by atoms with Crippen LogP contribution in [0.5, 0.6) is 5.75 Å². The lowest BCUT2D eigenvalue weighted by atomic mass is 10.2. The molecule has 0 bridgehead atoms. The molecule has 0 heterocycles. The van der Waals surface area contributed by atoms with E-state index in [2.05, 4.69) is 17.9 Å². The van der Waals surface area contributed by atoms with Crippen molar-refractivity contribution in [3.63, 3.8) is 0 Å². The highest BCUT2D eigenvalue weighted by Gasteiger charge is 2.21. The van der Waals surface area contributed by atoms with Crippen LogP contribution in [-0.4, -0.2) is 52.0 Å². The van der Waals surface area contributed by atoms with Gasteiger partial charge in [-0.15, -0.1) is 13.2 Å². The average Bonchev–Trinajstić information content (AvgIpc) is 2.77. The van der Waals surface area contributed by atoms with Crippen molar-refractivity contribution in [1.82, 2.24) is 4.90 Å². The first-order chi connectivity index (χ1) is 14.8. The molecule has 9 heteroatoms. The molecule has 0 atom stereocenters. The first-order valence-corrected chi connectivity index (χ1v) is 10.7. The summed E-state index contributed by atoms with van der Waals surface area (Å²) in [6, 6.07) is 11.8. The second kappa shape index (κ2) is 11.0. The summed E-state index contributed by atoms with van der Waals surface area (Å²) in [5, 5.41) is 0. The van der Waals surface area contributed by atoms with E-state index >= 15 is 0 Å². The molecule has 1 amide bonds. The largest absolute Gasteiger partial charge is 0.497 e. The van der Waals surface area contributed by atoms with Gasteiger partial charge >= 0.3 is 5.97 Å². The first-order valence-electron chi connectivity index (χ1n) is 9.25. The number of rotatable bonds is 11. The van der Waals surface area contributed by atoms with Crippen LogP contribution in [-0.2, 0) is 19.6 Å². The number of ether oxygens (including phenoxy) is 2. The maximum Gasteiger partial charge on any atom is 0.340 e. The third kappa shape index (κ3) is 6.45. The molecular formula is C22H24N2O6S. The van der Waals surface area contributed by atoms with Crippen molar-refractivity contribution in [3.05, 3.63) is 79.4 Å². The van der Waals surface area contributed by atoms with Crippen LogP contribution in [0.3, 0.4) is 0 Å². The molecule has 31 heavy (non-hydrogen) atoms. The van der Waals surface area contributed by atoms with Gasteiger partial charge in [-0.1, -0.05) is 24.3 Å². The Bertz CT molecular complexity index is 1040. The second-order valence-electron chi connectivity index (χ2n) is 6.28. The minimum absolute atomic E-state index is 0.00357. The number of esters is 1. The standard InChI is InChI=1S/C22H24N2O6S/c1-4-14-24(15-5-2)21(25)16-30-22(26)19-8-6-7-9-20(19)23-31(27,28)18-12-10-17(29-3)11-13-18/h4-13,23H,1-2,14-16H2,3H3. The van der Waals surface area contributed by atoms with Crippen LogP contribution < -0.4 is 9.46 Å². The molecule has 0 aromatic heterocycles. The van der Waals surface area contributed by atoms with Gasteiger partial charge in [0.15, 0.2) is 6.61 Å². The highest BCUT2D eigenvalue weighted by molar-refractivity contribution is 7.92. The molecule has 2 aromatic carbocycles. The number of anilines is 1. The van der Waals surface area contributed by atoms with Crippen molar-refractivity contribution < 1.29 is 27.5 Å². The summed E-state index contributed by atoms with van der Waals surface area (Å²) < 4.78 is 37.9. The fourth-order valence-electron chi connectivity index (χ4n) is 2.59. The summed E-state index contributed by atoms with van der Waals surface area (Å²) in [6.07, 6.45) is 3.10. The van der Waals surface area contributed by atoms with Crippen molar-refractivity contribution >= 4 is 27.6 Å². The quantitative estimate of drug-likeness (QED) is 0.422. The van der Waals surface area contributed by atoms with Crippen LogP contribution in [0.15, 0.2) is 78.7 Å². The Kier molecular flexibility index (Phi) is 8.39. The Morgan fingerprint density at radius 2 is 1.65 bits per heavy atom. The molecular weight excluding hydrogens is 420 g/mol. The van der Waals surface area contributed by atoms with Crippen LogP contribution >= 0.6 is 0 Å². The number of nitrogens with zero attached hydrogens (tertiary/aromatic N) is 1. The molecule has 2 rings (SSSR count). The van der Waals surface area contributed by atoms with E-state index < -0.39 is 28.5 Å². The molecule has 2 aromatic rings. The maximum absolute atomic E-state index is 12.7. The molecule has 1 N–H and O–H groups in total. The number of methoxy groups -OCH3 is 1. The predicted octanol–water partition coefficient (Wildman–Crippen LogP) is 2.85. The van der Waals surface area contributed by atoms with E-state index in [1.165, 1.54) is 48.4 Å². The van der Waals surface area contributed by atoms with E-state index in [1.54, 1.807) is 24.3 Å². The number of para-hydroxylation sites is 1. The zero-order valence-electron chi connectivity index (χ0n) is 17.1. The van der Waals surface area contributed by atoms with E-state index in [9.17, 15) is 18.0 Å². The van der Waals surface area contributed by atoms with Crippen molar-refractivity contribution in [3.8, 4) is 5.75 Å². The number of benzene rings is 2. The van der Waals surface area contributed by atoms with Crippen LogP contribution in [0.25, 0.3) is 0 Å². The van der Waals surface area contributed by atoms with Crippen molar-refractivity contribution in [2.75, 3.05) is 31.5 Å². The third-order valence-electron chi connectivity index (χ3n) is 4.14. The molecule has 0 unspecified atom stereocenters. The molecule has 164 valence electrons. The van der Waals surface area contributed by atoms with E-state index in [1.807, 2.05) is 0 Å². The minimum Gasteiger partial charge on any atom is -0.497 e. The highest BCUT2D eigenvalue weighted by Crippen LogP contribution is 2.22. The lowest BCUT2D eigenvalue weighted by Crippen LogP contribution is -2.35. The first kappa shape index (κ1) is 23.7. The van der Waals surface area contributed by atoms with Gasteiger partial charge in [-0.2, -0.15) is 0 Å². The molecule has 0 aliphatic carbocycles. The van der Waals surface area contributed by atoms with Crippen LogP contribution in [0.4, 0.5) is 5.69 Å². The maximum atomic E-state index is 12.7. The smallest absolute Gasteiger partial charge is 0.340 e. The van der Waals surface area contributed by atoms with Gasteiger partial charge in [-0.25, -0.2) is 13.2 Å². The van der Waals surface area contributed by atoms with Gasteiger partial charge in [0.1, 0.15) is 5.75 Å². The minimum atomic E-state index is -3.96. The molecule has 0 saturated heterocycles. The van der Waals surface area contributed by atoms with Crippen molar-refractivity contribution in [1.29, 1.82) is 0 Å².